The summed E-state index contributed by atoms with van der Waals surface area (Å²) in [6, 6.07) is 0.719. The second-order valence-corrected chi connectivity index (χ2v) is 4.46. The second-order valence-electron chi connectivity index (χ2n) is 4.46. The summed E-state index contributed by atoms with van der Waals surface area (Å²) in [4.78, 5) is 2.57. The van der Waals surface area contributed by atoms with E-state index in [0.717, 1.165) is 25.6 Å². The highest BCUT2D eigenvalue weighted by Gasteiger charge is 2.17. The monoisotopic (exact) mass is 226 g/mol. The van der Waals surface area contributed by atoms with Gasteiger partial charge in [0.15, 0.2) is 0 Å². The molecule has 0 aromatic heterocycles. The first-order valence-corrected chi connectivity index (χ1v) is 6.55. The molecular weight excluding hydrogens is 200 g/mol. The van der Waals surface area contributed by atoms with Gasteiger partial charge in [0.05, 0.1) is 12.9 Å². The van der Waals surface area contributed by atoms with Gasteiger partial charge in [0, 0.05) is 6.04 Å². The molecule has 1 aliphatic heterocycles. The molecule has 0 atom stereocenters. The molecule has 0 aromatic carbocycles. The van der Waals surface area contributed by atoms with Crippen LogP contribution in [0.5, 0.6) is 0 Å². The van der Waals surface area contributed by atoms with E-state index in [9.17, 15) is 0 Å². The smallest absolute Gasteiger partial charge is 0.0885 e. The van der Waals surface area contributed by atoms with Crippen LogP contribution < -0.4 is 5.32 Å². The molecule has 0 amide bonds. The number of hydrogen-bond acceptors (Lipinski definition) is 3. The number of hydrogen-bond donors (Lipinski definition) is 1. The minimum Gasteiger partial charge on any atom is -0.502 e. The lowest BCUT2D eigenvalue weighted by atomic mass is 10.0. The molecule has 0 aliphatic carbocycles. The van der Waals surface area contributed by atoms with E-state index >= 15 is 0 Å². The highest BCUT2D eigenvalue weighted by atomic mass is 16.5. The number of nitrogens with zero attached hydrogens (tertiary/aromatic N) is 1. The van der Waals surface area contributed by atoms with Gasteiger partial charge >= 0.3 is 0 Å². The highest BCUT2D eigenvalue weighted by Crippen LogP contribution is 2.10. The lowest BCUT2D eigenvalue weighted by Crippen LogP contribution is -2.43. The van der Waals surface area contributed by atoms with Gasteiger partial charge in [0.1, 0.15) is 0 Å². The molecule has 0 unspecified atom stereocenters. The van der Waals surface area contributed by atoms with E-state index in [0.29, 0.717) is 0 Å². The molecule has 1 heterocycles. The van der Waals surface area contributed by atoms with E-state index in [1.165, 1.54) is 45.2 Å². The molecule has 1 saturated heterocycles. The van der Waals surface area contributed by atoms with Crippen LogP contribution in [0.4, 0.5) is 0 Å². The molecule has 1 rings (SSSR count). The Morgan fingerprint density at radius 2 is 2.19 bits per heavy atom. The SMILES string of the molecule is C=COCCCNC1CCN(CCC)CC1. The summed E-state index contributed by atoms with van der Waals surface area (Å²) in [5.74, 6) is 0. The van der Waals surface area contributed by atoms with Crippen LogP contribution >= 0.6 is 0 Å². The lowest BCUT2D eigenvalue weighted by Gasteiger charge is -2.32. The van der Waals surface area contributed by atoms with Gasteiger partial charge in [-0.2, -0.15) is 0 Å². The van der Waals surface area contributed by atoms with Crippen molar-refractivity contribution in [2.45, 2.75) is 38.6 Å². The summed E-state index contributed by atoms with van der Waals surface area (Å²) in [7, 11) is 0. The van der Waals surface area contributed by atoms with Crippen molar-refractivity contribution < 1.29 is 4.74 Å². The van der Waals surface area contributed by atoms with E-state index < -0.39 is 0 Å². The third-order valence-corrected chi connectivity index (χ3v) is 3.12. The zero-order chi connectivity index (χ0) is 11.6. The molecule has 1 aliphatic rings. The maximum atomic E-state index is 5.09. The average molecular weight is 226 g/mol. The molecule has 0 aromatic rings. The summed E-state index contributed by atoms with van der Waals surface area (Å²) in [5.41, 5.74) is 0. The quantitative estimate of drug-likeness (QED) is 0.506. The van der Waals surface area contributed by atoms with Gasteiger partial charge in [-0.1, -0.05) is 13.5 Å². The average Bonchev–Trinajstić information content (AvgIpc) is 2.31. The molecule has 0 saturated carbocycles. The topological polar surface area (TPSA) is 24.5 Å². The molecule has 3 heteroatoms. The van der Waals surface area contributed by atoms with Gasteiger partial charge in [-0.15, -0.1) is 0 Å². The van der Waals surface area contributed by atoms with E-state index in [-0.39, 0.29) is 0 Å². The fraction of sp³-hybridized carbons (Fsp3) is 0.846. The van der Waals surface area contributed by atoms with Gasteiger partial charge in [-0.25, -0.2) is 0 Å². The highest BCUT2D eigenvalue weighted by molar-refractivity contribution is 4.76. The van der Waals surface area contributed by atoms with Crippen LogP contribution in [-0.4, -0.2) is 43.7 Å². The van der Waals surface area contributed by atoms with Crippen molar-refractivity contribution in [3.05, 3.63) is 12.8 Å². The van der Waals surface area contributed by atoms with Gasteiger partial charge in [0.2, 0.25) is 0 Å². The molecule has 0 spiro atoms. The number of piperidine rings is 1. The molecule has 0 bridgehead atoms. The van der Waals surface area contributed by atoms with Crippen LogP contribution in [0.3, 0.4) is 0 Å². The molecule has 3 nitrogen and oxygen atoms in total. The summed E-state index contributed by atoms with van der Waals surface area (Å²) >= 11 is 0. The van der Waals surface area contributed by atoms with Crippen LogP contribution in [0, 0.1) is 0 Å². The lowest BCUT2D eigenvalue weighted by molar-refractivity contribution is 0.193. The fourth-order valence-corrected chi connectivity index (χ4v) is 2.22. The van der Waals surface area contributed by atoms with Crippen molar-refractivity contribution >= 4 is 0 Å². The van der Waals surface area contributed by atoms with Crippen molar-refractivity contribution in [2.75, 3.05) is 32.8 Å². The van der Waals surface area contributed by atoms with Crippen molar-refractivity contribution in [1.29, 1.82) is 0 Å². The standard InChI is InChI=1S/C13H26N2O/c1-3-9-15-10-6-13(7-11-15)14-8-5-12-16-4-2/h4,13-14H,2-3,5-12H2,1H3. The number of likely N-dealkylation sites (tertiary alicyclic amines) is 1. The number of rotatable bonds is 8. The first kappa shape index (κ1) is 13.5. The van der Waals surface area contributed by atoms with E-state index in [1.807, 2.05) is 0 Å². The molecular formula is C13H26N2O. The second kappa shape index (κ2) is 8.59. The Kier molecular flexibility index (Phi) is 7.26. The largest absolute Gasteiger partial charge is 0.502 e. The van der Waals surface area contributed by atoms with Gasteiger partial charge in [0.25, 0.3) is 0 Å². The minimum atomic E-state index is 0.719. The van der Waals surface area contributed by atoms with Crippen molar-refractivity contribution in [1.82, 2.24) is 10.2 Å². The zero-order valence-corrected chi connectivity index (χ0v) is 10.6. The third kappa shape index (κ3) is 5.52. The minimum absolute atomic E-state index is 0.719. The molecule has 1 fully saturated rings. The Morgan fingerprint density at radius 1 is 1.44 bits per heavy atom. The number of nitrogens with one attached hydrogen (secondary N) is 1. The normalized spacial score (nSPS) is 18.6. The molecule has 0 radical (unpaired) electrons. The summed E-state index contributed by atoms with van der Waals surface area (Å²) in [6.07, 6.45) is 6.45. The number of ether oxygens (including phenoxy) is 1. The van der Waals surface area contributed by atoms with E-state index in [2.05, 4.69) is 23.7 Å². The van der Waals surface area contributed by atoms with Crippen LogP contribution in [-0.2, 0) is 4.74 Å². The van der Waals surface area contributed by atoms with Crippen LogP contribution in [0.2, 0.25) is 0 Å². The molecule has 94 valence electrons. The third-order valence-electron chi connectivity index (χ3n) is 3.12. The Balaban J connectivity index is 1.97. The summed E-state index contributed by atoms with van der Waals surface area (Å²) in [6.45, 7) is 11.4. The van der Waals surface area contributed by atoms with Crippen molar-refractivity contribution in [3.8, 4) is 0 Å². The van der Waals surface area contributed by atoms with Crippen LogP contribution in [0.15, 0.2) is 12.8 Å². The summed E-state index contributed by atoms with van der Waals surface area (Å²) < 4.78 is 5.09. The van der Waals surface area contributed by atoms with Crippen LogP contribution in [0.25, 0.3) is 0 Å². The first-order chi connectivity index (χ1) is 7.86. The van der Waals surface area contributed by atoms with E-state index in [1.54, 1.807) is 0 Å². The fourth-order valence-electron chi connectivity index (χ4n) is 2.22. The van der Waals surface area contributed by atoms with E-state index in [4.69, 9.17) is 4.74 Å². The van der Waals surface area contributed by atoms with Gasteiger partial charge in [-0.3, -0.25) is 0 Å². The predicted octanol–water partition coefficient (Wildman–Crippen LogP) is 2.00. The maximum Gasteiger partial charge on any atom is 0.0885 e. The molecule has 16 heavy (non-hydrogen) atoms. The van der Waals surface area contributed by atoms with Gasteiger partial charge < -0.3 is 15.0 Å². The predicted molar refractivity (Wildman–Crippen MR) is 68.5 cm³/mol. The van der Waals surface area contributed by atoms with Crippen molar-refractivity contribution in [3.63, 3.8) is 0 Å². The Labute approximate surface area is 99.8 Å². The first-order valence-electron chi connectivity index (χ1n) is 6.55. The van der Waals surface area contributed by atoms with Crippen LogP contribution in [0.1, 0.15) is 32.6 Å². The Morgan fingerprint density at radius 3 is 2.81 bits per heavy atom. The maximum absolute atomic E-state index is 5.09. The molecule has 1 N–H and O–H groups in total. The Hall–Kier alpha value is -0.540. The summed E-state index contributed by atoms with van der Waals surface area (Å²) in [5, 5.41) is 3.60. The zero-order valence-electron chi connectivity index (χ0n) is 10.6. The van der Waals surface area contributed by atoms with Gasteiger partial charge in [-0.05, 0) is 51.9 Å². The Bertz CT molecular complexity index is 177. The van der Waals surface area contributed by atoms with Crippen molar-refractivity contribution in [2.24, 2.45) is 0 Å².